The van der Waals surface area contributed by atoms with E-state index in [2.05, 4.69) is 43.4 Å². The van der Waals surface area contributed by atoms with Crippen LogP contribution in [-0.2, 0) is 6.42 Å². The lowest BCUT2D eigenvalue weighted by Crippen LogP contribution is -2.35. The first-order valence-corrected chi connectivity index (χ1v) is 7.65. The van der Waals surface area contributed by atoms with Crippen molar-refractivity contribution in [3.8, 4) is 0 Å². The summed E-state index contributed by atoms with van der Waals surface area (Å²) in [7, 11) is 0. The summed E-state index contributed by atoms with van der Waals surface area (Å²) in [6.07, 6.45) is 7.79. The molecule has 0 radical (unpaired) electrons. The Morgan fingerprint density at radius 3 is 2.72 bits per heavy atom. The van der Waals surface area contributed by atoms with E-state index in [1.54, 1.807) is 0 Å². The molecule has 2 rings (SSSR count). The average Bonchev–Trinajstić information content (AvgIpc) is 2.42. The van der Waals surface area contributed by atoms with Crippen molar-refractivity contribution in [3.05, 3.63) is 35.4 Å². The van der Waals surface area contributed by atoms with Gasteiger partial charge in [-0.05, 0) is 55.7 Å². The largest absolute Gasteiger partial charge is 0.314 e. The number of nitrogens with one attached hydrogen (secondary N) is 1. The van der Waals surface area contributed by atoms with Crippen LogP contribution in [0, 0.1) is 0 Å². The molecule has 18 heavy (non-hydrogen) atoms. The predicted molar refractivity (Wildman–Crippen MR) is 79.1 cm³/mol. The Hall–Kier alpha value is -0.820. The van der Waals surface area contributed by atoms with E-state index in [1.807, 2.05) is 0 Å². The maximum atomic E-state index is 3.64. The number of benzene rings is 1. The zero-order chi connectivity index (χ0) is 12.8. The fourth-order valence-electron chi connectivity index (χ4n) is 3.12. The topological polar surface area (TPSA) is 12.0 Å². The molecule has 1 aromatic rings. The molecule has 1 N–H and O–H groups in total. The summed E-state index contributed by atoms with van der Waals surface area (Å²) in [6, 6.07) is 9.98. The van der Waals surface area contributed by atoms with Crippen molar-refractivity contribution in [2.75, 3.05) is 6.54 Å². The van der Waals surface area contributed by atoms with E-state index in [0.29, 0.717) is 6.04 Å². The Kier molecular flexibility index (Phi) is 5.25. The van der Waals surface area contributed by atoms with Crippen LogP contribution in [0.2, 0.25) is 0 Å². The van der Waals surface area contributed by atoms with Crippen molar-refractivity contribution in [1.82, 2.24) is 5.32 Å². The van der Waals surface area contributed by atoms with Gasteiger partial charge in [-0.25, -0.2) is 0 Å². The van der Waals surface area contributed by atoms with E-state index >= 15 is 0 Å². The second kappa shape index (κ2) is 6.94. The predicted octanol–water partition coefficient (Wildman–Crippen LogP) is 4.27. The van der Waals surface area contributed by atoms with Gasteiger partial charge in [0, 0.05) is 6.04 Å². The Labute approximate surface area is 112 Å². The number of rotatable bonds is 5. The van der Waals surface area contributed by atoms with Crippen molar-refractivity contribution in [2.45, 2.75) is 64.3 Å². The normalized spacial score (nSPS) is 20.3. The highest BCUT2D eigenvalue weighted by Crippen LogP contribution is 2.24. The molecular formula is C17H27N. The van der Waals surface area contributed by atoms with E-state index in [1.165, 1.54) is 56.2 Å². The van der Waals surface area contributed by atoms with Gasteiger partial charge in [0.25, 0.3) is 0 Å². The first-order chi connectivity index (χ1) is 8.83. The Balaban J connectivity index is 2.01. The molecule has 1 saturated heterocycles. The highest BCUT2D eigenvalue weighted by Gasteiger charge is 2.14. The molecule has 1 unspecified atom stereocenters. The van der Waals surface area contributed by atoms with Gasteiger partial charge in [-0.2, -0.15) is 0 Å². The fourth-order valence-corrected chi connectivity index (χ4v) is 3.12. The highest BCUT2D eigenvalue weighted by molar-refractivity contribution is 5.27. The van der Waals surface area contributed by atoms with Gasteiger partial charge in [-0.3, -0.25) is 0 Å². The molecule has 0 amide bonds. The zero-order valence-corrected chi connectivity index (χ0v) is 11.9. The standard InChI is InChI=1S/C17H27N/c1-3-15(4-2)16-9-7-8-14(12-16)13-17-10-5-6-11-18-17/h7-9,12,15,17-18H,3-6,10-11,13H2,1-2H3. The van der Waals surface area contributed by atoms with Crippen molar-refractivity contribution < 1.29 is 0 Å². The van der Waals surface area contributed by atoms with E-state index in [4.69, 9.17) is 0 Å². The molecular weight excluding hydrogens is 218 g/mol. The molecule has 1 aromatic carbocycles. The van der Waals surface area contributed by atoms with E-state index in [9.17, 15) is 0 Å². The van der Waals surface area contributed by atoms with Gasteiger partial charge in [0.05, 0.1) is 0 Å². The lowest BCUT2D eigenvalue weighted by molar-refractivity contribution is 0.399. The number of piperidine rings is 1. The second-order valence-corrected chi connectivity index (χ2v) is 5.61. The molecule has 1 aliphatic rings. The highest BCUT2D eigenvalue weighted by atomic mass is 14.9. The smallest absolute Gasteiger partial charge is 0.0107 e. The number of hydrogen-bond donors (Lipinski definition) is 1. The second-order valence-electron chi connectivity index (χ2n) is 5.61. The molecule has 1 nitrogen and oxygen atoms in total. The minimum absolute atomic E-state index is 0.704. The van der Waals surface area contributed by atoms with Gasteiger partial charge >= 0.3 is 0 Å². The van der Waals surface area contributed by atoms with Crippen LogP contribution in [-0.4, -0.2) is 12.6 Å². The summed E-state index contributed by atoms with van der Waals surface area (Å²) >= 11 is 0. The fraction of sp³-hybridized carbons (Fsp3) is 0.647. The Morgan fingerprint density at radius 1 is 1.22 bits per heavy atom. The van der Waals surface area contributed by atoms with Gasteiger partial charge < -0.3 is 5.32 Å². The molecule has 1 heterocycles. The van der Waals surface area contributed by atoms with Crippen LogP contribution in [0.15, 0.2) is 24.3 Å². The summed E-state index contributed by atoms with van der Waals surface area (Å²) in [4.78, 5) is 0. The first kappa shape index (κ1) is 13.6. The minimum Gasteiger partial charge on any atom is -0.314 e. The van der Waals surface area contributed by atoms with Gasteiger partial charge in [0.15, 0.2) is 0 Å². The summed E-state index contributed by atoms with van der Waals surface area (Å²) in [6.45, 7) is 5.80. The monoisotopic (exact) mass is 245 g/mol. The summed E-state index contributed by atoms with van der Waals surface area (Å²) in [5.74, 6) is 0.740. The summed E-state index contributed by atoms with van der Waals surface area (Å²) < 4.78 is 0. The summed E-state index contributed by atoms with van der Waals surface area (Å²) in [5.41, 5.74) is 3.05. The lowest BCUT2D eigenvalue weighted by Gasteiger charge is -2.24. The van der Waals surface area contributed by atoms with Crippen LogP contribution in [0.1, 0.15) is 63.0 Å². The van der Waals surface area contributed by atoms with Crippen molar-refractivity contribution in [2.24, 2.45) is 0 Å². The third-order valence-electron chi connectivity index (χ3n) is 4.30. The Morgan fingerprint density at radius 2 is 2.06 bits per heavy atom. The lowest BCUT2D eigenvalue weighted by atomic mass is 9.90. The first-order valence-electron chi connectivity index (χ1n) is 7.65. The molecule has 1 atom stereocenters. The molecule has 0 aromatic heterocycles. The van der Waals surface area contributed by atoms with Crippen LogP contribution in [0.25, 0.3) is 0 Å². The Bertz CT molecular complexity index is 348. The molecule has 1 heteroatoms. The maximum Gasteiger partial charge on any atom is 0.0107 e. The van der Waals surface area contributed by atoms with Gasteiger partial charge in [-0.15, -0.1) is 0 Å². The van der Waals surface area contributed by atoms with Crippen LogP contribution in [0.4, 0.5) is 0 Å². The van der Waals surface area contributed by atoms with Crippen molar-refractivity contribution >= 4 is 0 Å². The maximum absolute atomic E-state index is 3.64. The van der Waals surface area contributed by atoms with Gasteiger partial charge in [0.2, 0.25) is 0 Å². The van der Waals surface area contributed by atoms with Crippen molar-refractivity contribution in [3.63, 3.8) is 0 Å². The van der Waals surface area contributed by atoms with Crippen LogP contribution < -0.4 is 5.32 Å². The summed E-state index contributed by atoms with van der Waals surface area (Å²) in [5, 5.41) is 3.64. The molecule has 1 fully saturated rings. The van der Waals surface area contributed by atoms with E-state index in [0.717, 1.165) is 5.92 Å². The number of hydrogen-bond acceptors (Lipinski definition) is 1. The zero-order valence-electron chi connectivity index (χ0n) is 11.9. The molecule has 1 aliphatic heterocycles. The van der Waals surface area contributed by atoms with Crippen LogP contribution >= 0.6 is 0 Å². The molecule has 100 valence electrons. The van der Waals surface area contributed by atoms with Gasteiger partial charge in [-0.1, -0.05) is 44.5 Å². The van der Waals surface area contributed by atoms with Crippen LogP contribution in [0.3, 0.4) is 0 Å². The SMILES string of the molecule is CCC(CC)c1cccc(CC2CCCCN2)c1. The van der Waals surface area contributed by atoms with Crippen molar-refractivity contribution in [1.29, 1.82) is 0 Å². The molecule has 0 aliphatic carbocycles. The molecule has 0 saturated carbocycles. The van der Waals surface area contributed by atoms with Gasteiger partial charge in [0.1, 0.15) is 0 Å². The molecule has 0 spiro atoms. The minimum atomic E-state index is 0.704. The third kappa shape index (κ3) is 3.58. The molecule has 0 bridgehead atoms. The van der Waals surface area contributed by atoms with E-state index < -0.39 is 0 Å². The van der Waals surface area contributed by atoms with E-state index in [-0.39, 0.29) is 0 Å². The quantitative estimate of drug-likeness (QED) is 0.816. The van der Waals surface area contributed by atoms with Crippen LogP contribution in [0.5, 0.6) is 0 Å². The third-order valence-corrected chi connectivity index (χ3v) is 4.30. The average molecular weight is 245 g/mol.